The average molecular weight is 264 g/mol. The predicted octanol–water partition coefficient (Wildman–Crippen LogP) is 1.62. The highest BCUT2D eigenvalue weighted by atomic mass is 79.9. The summed E-state index contributed by atoms with van der Waals surface area (Å²) in [5, 5.41) is 13.1. The van der Waals surface area contributed by atoms with Crippen LogP contribution in [0.15, 0.2) is 15.2 Å². The molecule has 3 nitrogen and oxygen atoms in total. The molecule has 0 bridgehead atoms. The zero-order valence-electron chi connectivity index (χ0n) is 6.94. The fourth-order valence-electron chi connectivity index (χ4n) is 1.27. The largest absolute Gasteiger partial charge is 0.389 e. The molecule has 0 spiro atoms. The van der Waals surface area contributed by atoms with Gasteiger partial charge in [-0.2, -0.15) is 5.06 Å². The Morgan fingerprint density at radius 2 is 2.62 bits per heavy atom. The maximum Gasteiger partial charge on any atom is 0.0958 e. The van der Waals surface area contributed by atoms with Gasteiger partial charge in [0, 0.05) is 0 Å². The Morgan fingerprint density at radius 3 is 3.15 bits per heavy atom. The van der Waals surface area contributed by atoms with Crippen molar-refractivity contribution in [3.05, 3.63) is 20.8 Å². The van der Waals surface area contributed by atoms with Crippen LogP contribution in [0, 0.1) is 0 Å². The second kappa shape index (κ2) is 4.06. The van der Waals surface area contributed by atoms with E-state index in [-0.39, 0.29) is 6.10 Å². The van der Waals surface area contributed by atoms with Crippen LogP contribution in [0.5, 0.6) is 0 Å². The van der Waals surface area contributed by atoms with Crippen molar-refractivity contribution in [2.75, 3.05) is 13.2 Å². The predicted molar refractivity (Wildman–Crippen MR) is 54.4 cm³/mol. The molecule has 2 heterocycles. The van der Waals surface area contributed by atoms with Crippen molar-refractivity contribution in [1.82, 2.24) is 5.06 Å². The van der Waals surface area contributed by atoms with Gasteiger partial charge in [0.15, 0.2) is 0 Å². The van der Waals surface area contributed by atoms with Crippen molar-refractivity contribution in [3.63, 3.8) is 0 Å². The van der Waals surface area contributed by atoms with Crippen LogP contribution < -0.4 is 0 Å². The van der Waals surface area contributed by atoms with E-state index in [1.807, 2.05) is 0 Å². The van der Waals surface area contributed by atoms with E-state index in [0.29, 0.717) is 13.2 Å². The maximum absolute atomic E-state index is 9.21. The van der Waals surface area contributed by atoms with E-state index in [0.717, 1.165) is 10.3 Å². The fourth-order valence-corrected chi connectivity index (χ4v) is 2.47. The molecule has 0 amide bonds. The molecule has 0 unspecified atom stereocenters. The van der Waals surface area contributed by atoms with Crippen LogP contribution >= 0.6 is 27.3 Å². The maximum atomic E-state index is 9.21. The van der Waals surface area contributed by atoms with Crippen molar-refractivity contribution in [3.8, 4) is 0 Å². The third-order valence-corrected chi connectivity index (χ3v) is 3.40. The molecule has 1 aromatic heterocycles. The summed E-state index contributed by atoms with van der Waals surface area (Å²) in [5.41, 5.74) is 1.21. The van der Waals surface area contributed by atoms with E-state index in [4.69, 9.17) is 4.84 Å². The summed E-state index contributed by atoms with van der Waals surface area (Å²) in [6.07, 6.45) is -0.331. The summed E-state index contributed by atoms with van der Waals surface area (Å²) in [7, 11) is 0. The highest BCUT2D eigenvalue weighted by Crippen LogP contribution is 2.22. The molecule has 1 N–H and O–H groups in total. The number of β-amino-alcohol motifs (C(OH)–C–C–N with tert-alkyl or cyclic N) is 1. The van der Waals surface area contributed by atoms with Gasteiger partial charge < -0.3 is 5.11 Å². The van der Waals surface area contributed by atoms with E-state index < -0.39 is 0 Å². The Morgan fingerprint density at radius 1 is 1.77 bits per heavy atom. The second-order valence-corrected chi connectivity index (χ2v) is 5.32. The van der Waals surface area contributed by atoms with Gasteiger partial charge in [0.25, 0.3) is 0 Å². The van der Waals surface area contributed by atoms with Gasteiger partial charge in [0.2, 0.25) is 0 Å². The Labute approximate surface area is 89.0 Å². The number of halogens is 1. The van der Waals surface area contributed by atoms with Gasteiger partial charge in [-0.25, -0.2) is 0 Å². The number of aliphatic hydroxyl groups is 1. The van der Waals surface area contributed by atoms with Crippen LogP contribution in [-0.4, -0.2) is 29.4 Å². The van der Waals surface area contributed by atoms with Crippen LogP contribution in [0.2, 0.25) is 0 Å². The van der Waals surface area contributed by atoms with Crippen LogP contribution in [0.25, 0.3) is 0 Å². The SMILES string of the molecule is O[C@@H]1CON(Cc2csc(Br)c2)C1. The second-order valence-electron chi connectivity index (χ2n) is 3.03. The van der Waals surface area contributed by atoms with Crippen molar-refractivity contribution >= 4 is 27.3 Å². The number of aliphatic hydroxyl groups excluding tert-OH is 1. The van der Waals surface area contributed by atoms with E-state index in [1.54, 1.807) is 16.4 Å². The van der Waals surface area contributed by atoms with Crippen LogP contribution in [0.3, 0.4) is 0 Å². The van der Waals surface area contributed by atoms with Gasteiger partial charge in [0.1, 0.15) is 0 Å². The molecule has 1 fully saturated rings. The highest BCUT2D eigenvalue weighted by Gasteiger charge is 2.21. The summed E-state index contributed by atoms with van der Waals surface area (Å²) >= 11 is 5.06. The number of hydrogen-bond acceptors (Lipinski definition) is 4. The number of nitrogens with zero attached hydrogens (tertiary/aromatic N) is 1. The van der Waals surface area contributed by atoms with E-state index >= 15 is 0 Å². The molecule has 1 aromatic rings. The number of hydrogen-bond donors (Lipinski definition) is 1. The third-order valence-electron chi connectivity index (χ3n) is 1.84. The van der Waals surface area contributed by atoms with Crippen molar-refractivity contribution in [2.24, 2.45) is 0 Å². The zero-order chi connectivity index (χ0) is 9.26. The molecule has 2 rings (SSSR count). The van der Waals surface area contributed by atoms with Crippen molar-refractivity contribution in [1.29, 1.82) is 0 Å². The van der Waals surface area contributed by atoms with Crippen molar-refractivity contribution in [2.45, 2.75) is 12.6 Å². The topological polar surface area (TPSA) is 32.7 Å². The van der Waals surface area contributed by atoms with Gasteiger partial charge in [-0.05, 0) is 32.9 Å². The summed E-state index contributed by atoms with van der Waals surface area (Å²) in [5.74, 6) is 0. The van der Waals surface area contributed by atoms with Gasteiger partial charge in [-0.3, -0.25) is 4.84 Å². The first-order valence-electron chi connectivity index (χ1n) is 4.03. The summed E-state index contributed by atoms with van der Waals surface area (Å²) in [4.78, 5) is 5.25. The number of rotatable bonds is 2. The van der Waals surface area contributed by atoms with Crippen LogP contribution in [0.4, 0.5) is 0 Å². The van der Waals surface area contributed by atoms with Crippen molar-refractivity contribution < 1.29 is 9.94 Å². The minimum absolute atomic E-state index is 0.331. The molecule has 13 heavy (non-hydrogen) atoms. The van der Waals surface area contributed by atoms with Gasteiger partial charge in [-0.1, -0.05) is 0 Å². The van der Waals surface area contributed by atoms with Gasteiger partial charge in [0.05, 0.1) is 29.6 Å². The first kappa shape index (κ1) is 9.61. The Kier molecular flexibility index (Phi) is 3.00. The van der Waals surface area contributed by atoms with Gasteiger partial charge in [-0.15, -0.1) is 11.3 Å². The molecular formula is C8H10BrNO2S. The van der Waals surface area contributed by atoms with E-state index in [2.05, 4.69) is 27.4 Å². The number of thiophene rings is 1. The zero-order valence-corrected chi connectivity index (χ0v) is 9.34. The molecule has 5 heteroatoms. The lowest BCUT2D eigenvalue weighted by Gasteiger charge is -2.11. The Hall–Kier alpha value is 0.0600. The average Bonchev–Trinajstić information content (AvgIpc) is 2.62. The molecule has 1 aliphatic heterocycles. The number of hydroxylamine groups is 2. The first-order valence-corrected chi connectivity index (χ1v) is 5.70. The quantitative estimate of drug-likeness (QED) is 0.881. The Bertz CT molecular complexity index is 291. The molecule has 1 aliphatic rings. The molecular weight excluding hydrogens is 254 g/mol. The molecule has 0 radical (unpaired) electrons. The van der Waals surface area contributed by atoms with Crippen LogP contribution in [0.1, 0.15) is 5.56 Å². The lowest BCUT2D eigenvalue weighted by molar-refractivity contribution is -0.117. The van der Waals surface area contributed by atoms with Gasteiger partial charge >= 0.3 is 0 Å². The van der Waals surface area contributed by atoms with E-state index in [1.165, 1.54) is 5.56 Å². The highest BCUT2D eigenvalue weighted by molar-refractivity contribution is 9.11. The summed E-state index contributed by atoms with van der Waals surface area (Å²) in [6.45, 7) is 1.78. The molecule has 72 valence electrons. The summed E-state index contributed by atoms with van der Waals surface area (Å²) in [6, 6.07) is 2.07. The normalized spacial score (nSPS) is 24.0. The van der Waals surface area contributed by atoms with E-state index in [9.17, 15) is 5.11 Å². The lowest BCUT2D eigenvalue weighted by Crippen LogP contribution is -2.20. The smallest absolute Gasteiger partial charge is 0.0958 e. The fraction of sp³-hybridized carbons (Fsp3) is 0.500. The monoisotopic (exact) mass is 263 g/mol. The van der Waals surface area contributed by atoms with Crippen LogP contribution in [-0.2, 0) is 11.4 Å². The Balaban J connectivity index is 1.91. The molecule has 1 saturated heterocycles. The molecule has 0 saturated carbocycles. The minimum atomic E-state index is -0.331. The molecule has 0 aromatic carbocycles. The minimum Gasteiger partial charge on any atom is -0.389 e. The molecule has 0 aliphatic carbocycles. The molecule has 1 atom stereocenters. The summed E-state index contributed by atoms with van der Waals surface area (Å²) < 4.78 is 1.13. The lowest BCUT2D eigenvalue weighted by atomic mass is 10.3. The third kappa shape index (κ3) is 2.51. The standard InChI is InChI=1S/C8H10BrNO2S/c9-8-1-6(5-13-8)2-10-3-7(11)4-12-10/h1,5,7,11H,2-4H2/t7-/m0/s1. The first-order chi connectivity index (χ1) is 6.24.